The summed E-state index contributed by atoms with van der Waals surface area (Å²) in [6, 6.07) is 5.51. The first-order valence-corrected chi connectivity index (χ1v) is 8.59. The van der Waals surface area contributed by atoms with Crippen LogP contribution in [0.4, 0.5) is 0 Å². The Bertz CT molecular complexity index is 641. The van der Waals surface area contributed by atoms with Crippen LogP contribution in [-0.4, -0.2) is 42.9 Å². The van der Waals surface area contributed by atoms with Crippen molar-refractivity contribution in [2.45, 2.75) is 30.6 Å². The summed E-state index contributed by atoms with van der Waals surface area (Å²) in [4.78, 5) is 0. The number of methoxy groups -OCH3 is 2. The average molecular weight is 336 g/mol. The van der Waals surface area contributed by atoms with Gasteiger partial charge in [-0.25, -0.2) is 0 Å². The van der Waals surface area contributed by atoms with Crippen molar-refractivity contribution >= 4 is 11.8 Å². The molecule has 23 heavy (non-hydrogen) atoms. The second-order valence-corrected chi connectivity index (χ2v) is 6.21. The largest absolute Gasteiger partial charge is 0.493 e. The summed E-state index contributed by atoms with van der Waals surface area (Å²) < 4.78 is 22.0. The van der Waals surface area contributed by atoms with Crippen molar-refractivity contribution in [3.8, 4) is 23.0 Å². The van der Waals surface area contributed by atoms with Gasteiger partial charge in [-0.3, -0.25) is 0 Å². The van der Waals surface area contributed by atoms with Gasteiger partial charge in [0.15, 0.2) is 11.5 Å². The minimum Gasteiger partial charge on any atom is -0.493 e. The minimum absolute atomic E-state index is 0.283. The lowest BCUT2D eigenvalue weighted by Crippen LogP contribution is -2.21. The first-order valence-electron chi connectivity index (χ1n) is 7.60. The Balaban J connectivity index is 1.66. The quantitative estimate of drug-likeness (QED) is 0.749. The molecule has 0 bridgehead atoms. The molecule has 7 heteroatoms. The van der Waals surface area contributed by atoms with E-state index in [4.69, 9.17) is 18.6 Å². The Morgan fingerprint density at radius 3 is 2.78 bits per heavy atom. The van der Waals surface area contributed by atoms with Gasteiger partial charge in [-0.1, -0.05) is 11.8 Å². The molecule has 1 aliphatic rings. The number of ether oxygens (including phenoxy) is 3. The number of rotatable bonds is 6. The van der Waals surface area contributed by atoms with Crippen LogP contribution in [0.3, 0.4) is 0 Å². The van der Waals surface area contributed by atoms with Gasteiger partial charge in [0.2, 0.25) is 5.89 Å². The summed E-state index contributed by atoms with van der Waals surface area (Å²) in [7, 11) is 3.20. The summed E-state index contributed by atoms with van der Waals surface area (Å²) in [5, 5.41) is 8.76. The number of thioether (sulfide) groups is 1. The zero-order valence-electron chi connectivity index (χ0n) is 13.3. The van der Waals surface area contributed by atoms with E-state index < -0.39 is 0 Å². The summed E-state index contributed by atoms with van der Waals surface area (Å²) in [5.41, 5.74) is 0.802. The Kier molecular flexibility index (Phi) is 5.40. The summed E-state index contributed by atoms with van der Waals surface area (Å²) >= 11 is 1.54. The minimum atomic E-state index is 0.283. The van der Waals surface area contributed by atoms with E-state index in [0.29, 0.717) is 22.6 Å². The molecule has 0 aliphatic carbocycles. The lowest BCUT2D eigenvalue weighted by molar-refractivity contribution is 0.0314. The van der Waals surface area contributed by atoms with Crippen LogP contribution in [0.2, 0.25) is 0 Å². The first kappa shape index (κ1) is 16.1. The third-order valence-electron chi connectivity index (χ3n) is 3.70. The fraction of sp³-hybridized carbons (Fsp3) is 0.500. The van der Waals surface area contributed by atoms with E-state index in [1.165, 1.54) is 18.2 Å². The van der Waals surface area contributed by atoms with Crippen molar-refractivity contribution in [3.63, 3.8) is 0 Å². The SMILES string of the molecule is COc1ccc(-c2nnc(SC[C@H]3CCCCO3)o2)cc1OC. The molecule has 1 fully saturated rings. The Labute approximate surface area is 139 Å². The van der Waals surface area contributed by atoms with E-state index in [1.807, 2.05) is 18.2 Å². The van der Waals surface area contributed by atoms with Crippen molar-refractivity contribution in [2.75, 3.05) is 26.6 Å². The fourth-order valence-corrected chi connectivity index (χ4v) is 3.28. The number of aromatic nitrogens is 2. The number of hydrogen-bond acceptors (Lipinski definition) is 7. The predicted octanol–water partition coefficient (Wildman–Crippen LogP) is 3.42. The van der Waals surface area contributed by atoms with Crippen molar-refractivity contribution < 1.29 is 18.6 Å². The molecule has 2 heterocycles. The molecule has 0 amide bonds. The van der Waals surface area contributed by atoms with Gasteiger partial charge in [0.25, 0.3) is 5.22 Å². The number of hydrogen-bond donors (Lipinski definition) is 0. The average Bonchev–Trinajstić information content (AvgIpc) is 3.09. The van der Waals surface area contributed by atoms with E-state index in [0.717, 1.165) is 30.8 Å². The summed E-state index contributed by atoms with van der Waals surface area (Å²) in [5.74, 6) is 2.61. The monoisotopic (exact) mass is 336 g/mol. The molecule has 1 aliphatic heterocycles. The highest BCUT2D eigenvalue weighted by Crippen LogP contribution is 2.33. The smallest absolute Gasteiger partial charge is 0.276 e. The van der Waals surface area contributed by atoms with Crippen molar-refractivity contribution in [1.82, 2.24) is 10.2 Å². The molecule has 1 saturated heterocycles. The molecule has 1 aromatic heterocycles. The summed E-state index contributed by atoms with van der Waals surface area (Å²) in [6.45, 7) is 0.853. The van der Waals surface area contributed by atoms with Crippen LogP contribution < -0.4 is 9.47 Å². The van der Waals surface area contributed by atoms with Gasteiger partial charge >= 0.3 is 0 Å². The van der Waals surface area contributed by atoms with Crippen LogP contribution in [0.15, 0.2) is 27.8 Å². The Hall–Kier alpha value is -1.73. The molecular formula is C16H20N2O4S. The lowest BCUT2D eigenvalue weighted by Gasteiger charge is -2.21. The Morgan fingerprint density at radius 2 is 2.04 bits per heavy atom. The fourth-order valence-electron chi connectivity index (χ4n) is 2.46. The lowest BCUT2D eigenvalue weighted by atomic mass is 10.1. The van der Waals surface area contributed by atoms with Gasteiger partial charge < -0.3 is 18.6 Å². The number of nitrogens with zero attached hydrogens (tertiary/aromatic N) is 2. The molecule has 124 valence electrons. The molecule has 1 atom stereocenters. The van der Waals surface area contributed by atoms with Gasteiger partial charge in [-0.05, 0) is 37.5 Å². The maximum absolute atomic E-state index is 5.72. The van der Waals surface area contributed by atoms with Crippen molar-refractivity contribution in [3.05, 3.63) is 18.2 Å². The van der Waals surface area contributed by atoms with Crippen LogP contribution in [0.1, 0.15) is 19.3 Å². The Morgan fingerprint density at radius 1 is 1.17 bits per heavy atom. The second kappa shape index (κ2) is 7.70. The van der Waals surface area contributed by atoms with Crippen molar-refractivity contribution in [2.24, 2.45) is 0 Å². The van der Waals surface area contributed by atoms with Gasteiger partial charge in [0.1, 0.15) is 0 Å². The highest BCUT2D eigenvalue weighted by atomic mass is 32.2. The van der Waals surface area contributed by atoms with E-state index >= 15 is 0 Å². The molecule has 2 aromatic rings. The molecule has 0 spiro atoms. The van der Waals surface area contributed by atoms with Crippen LogP contribution in [0.25, 0.3) is 11.5 Å². The van der Waals surface area contributed by atoms with Crippen LogP contribution in [0.5, 0.6) is 11.5 Å². The molecule has 0 unspecified atom stereocenters. The maximum Gasteiger partial charge on any atom is 0.276 e. The first-order chi connectivity index (χ1) is 11.3. The van der Waals surface area contributed by atoms with Gasteiger partial charge in [0, 0.05) is 17.9 Å². The van der Waals surface area contributed by atoms with E-state index in [2.05, 4.69) is 10.2 Å². The highest BCUT2D eigenvalue weighted by Gasteiger charge is 2.17. The van der Waals surface area contributed by atoms with Crippen LogP contribution in [-0.2, 0) is 4.74 Å². The van der Waals surface area contributed by atoms with Gasteiger partial charge in [-0.2, -0.15) is 0 Å². The normalized spacial score (nSPS) is 17.9. The van der Waals surface area contributed by atoms with Crippen LogP contribution in [0, 0.1) is 0 Å². The van der Waals surface area contributed by atoms with E-state index in [9.17, 15) is 0 Å². The maximum atomic E-state index is 5.72. The molecule has 6 nitrogen and oxygen atoms in total. The molecule has 0 N–H and O–H groups in total. The van der Waals surface area contributed by atoms with Crippen LogP contribution >= 0.6 is 11.8 Å². The molecular weight excluding hydrogens is 316 g/mol. The summed E-state index contributed by atoms with van der Waals surface area (Å²) in [6.07, 6.45) is 3.77. The zero-order chi connectivity index (χ0) is 16.1. The molecule has 3 rings (SSSR count). The second-order valence-electron chi connectivity index (χ2n) is 5.24. The van der Waals surface area contributed by atoms with E-state index in [-0.39, 0.29) is 6.10 Å². The molecule has 1 aromatic carbocycles. The standard InChI is InChI=1S/C16H20N2O4S/c1-19-13-7-6-11(9-14(13)20-2)15-17-18-16(22-15)23-10-12-5-3-4-8-21-12/h6-7,9,12H,3-5,8,10H2,1-2H3/t12-/m1/s1. The number of benzene rings is 1. The van der Waals surface area contributed by atoms with Crippen molar-refractivity contribution in [1.29, 1.82) is 0 Å². The zero-order valence-corrected chi connectivity index (χ0v) is 14.1. The third-order valence-corrected chi connectivity index (χ3v) is 4.65. The molecule has 0 saturated carbocycles. The van der Waals surface area contributed by atoms with E-state index in [1.54, 1.807) is 14.2 Å². The third kappa shape index (κ3) is 3.97. The topological polar surface area (TPSA) is 66.6 Å². The van der Waals surface area contributed by atoms with Gasteiger partial charge in [0.05, 0.1) is 20.3 Å². The van der Waals surface area contributed by atoms with Gasteiger partial charge in [-0.15, -0.1) is 10.2 Å². The highest BCUT2D eigenvalue weighted by molar-refractivity contribution is 7.99. The molecule has 0 radical (unpaired) electrons. The predicted molar refractivity (Wildman–Crippen MR) is 87.2 cm³/mol.